The van der Waals surface area contributed by atoms with Crippen LogP contribution in [0.3, 0.4) is 0 Å². The van der Waals surface area contributed by atoms with Gasteiger partial charge in [0.15, 0.2) is 0 Å². The highest BCUT2D eigenvalue weighted by Crippen LogP contribution is 2.28. The van der Waals surface area contributed by atoms with E-state index in [-0.39, 0.29) is 0 Å². The summed E-state index contributed by atoms with van der Waals surface area (Å²) in [6.07, 6.45) is 4.48. The largest absolute Gasteiger partial charge is 0.236 e. The first-order chi connectivity index (χ1) is 7.43. The second-order valence-electron chi connectivity index (χ2n) is 3.04. The van der Waals surface area contributed by atoms with E-state index in [1.807, 2.05) is 24.3 Å². The first-order valence-corrected chi connectivity index (χ1v) is 5.30. The molecular weight excluding hydrogens is 206 g/mol. The van der Waals surface area contributed by atoms with Crippen LogP contribution in [0.15, 0.2) is 36.5 Å². The van der Waals surface area contributed by atoms with Gasteiger partial charge < -0.3 is 0 Å². The second kappa shape index (κ2) is 3.40. The van der Waals surface area contributed by atoms with Crippen LogP contribution in [0.25, 0.3) is 20.8 Å². The smallest absolute Gasteiger partial charge is 0.126 e. The highest BCUT2D eigenvalue weighted by Gasteiger charge is 2.05. The molecule has 3 aromatic rings. The van der Waals surface area contributed by atoms with E-state index in [9.17, 15) is 0 Å². The Kier molecular flexibility index (Phi) is 1.93. The Morgan fingerprint density at radius 2 is 2.07 bits per heavy atom. The number of hydrogen-bond acceptors (Lipinski definition) is 4. The highest BCUT2D eigenvalue weighted by atomic mass is 32.1. The Bertz CT molecular complexity index is 556. The van der Waals surface area contributed by atoms with Crippen molar-refractivity contribution in [3.8, 4) is 10.6 Å². The molecule has 3 rings (SSSR count). The number of aromatic nitrogens is 3. The molecule has 2 aromatic heterocycles. The van der Waals surface area contributed by atoms with Gasteiger partial charge in [-0.1, -0.05) is 12.1 Å². The first kappa shape index (κ1) is 8.49. The third kappa shape index (κ3) is 1.49. The predicted octanol–water partition coefficient (Wildman–Crippen LogP) is 2.55. The summed E-state index contributed by atoms with van der Waals surface area (Å²) >= 11 is 1.64. The Balaban J connectivity index is 2.21. The lowest BCUT2D eigenvalue weighted by Gasteiger charge is -1.89. The van der Waals surface area contributed by atoms with E-state index in [0.717, 1.165) is 16.1 Å². The van der Waals surface area contributed by atoms with E-state index in [0.29, 0.717) is 0 Å². The summed E-state index contributed by atoms with van der Waals surface area (Å²) in [4.78, 5) is 4.50. The van der Waals surface area contributed by atoms with Crippen LogP contribution in [0.1, 0.15) is 0 Å². The molecule has 0 aliphatic carbocycles. The summed E-state index contributed by atoms with van der Waals surface area (Å²) in [5, 5.41) is 8.36. The molecule has 0 fully saturated rings. The molecule has 71 valence electrons. The predicted molar refractivity (Wildman–Crippen MR) is 59.5 cm³/mol. The van der Waals surface area contributed by atoms with Gasteiger partial charge in [-0.05, 0) is 18.2 Å². The Hall–Kier alpha value is -1.81. The average Bonchev–Trinajstić information content (AvgIpc) is 2.74. The normalized spacial score (nSPS) is 10.7. The molecule has 2 heterocycles. The fourth-order valence-corrected chi connectivity index (χ4v) is 2.31. The molecule has 0 aliphatic heterocycles. The topological polar surface area (TPSA) is 38.7 Å². The van der Waals surface area contributed by atoms with Crippen LogP contribution in [0.5, 0.6) is 0 Å². The average molecular weight is 212 g/mol. The summed E-state index contributed by atoms with van der Waals surface area (Å²) in [5.41, 5.74) is 1.91. The van der Waals surface area contributed by atoms with Gasteiger partial charge in [-0.15, -0.1) is 16.4 Å². The van der Waals surface area contributed by atoms with E-state index in [2.05, 4.69) is 27.4 Å². The molecule has 1 aromatic carbocycles. The Labute approximate surface area is 90.4 Å². The summed E-state index contributed by atoms with van der Waals surface area (Å²) in [6.45, 7) is 0. The number of nitrogens with zero attached hydrogens (tertiary/aromatic N) is 3. The molecule has 0 spiro atoms. The van der Waals surface area contributed by atoms with Gasteiger partial charge >= 0.3 is 0 Å². The lowest BCUT2D eigenvalue weighted by atomic mass is 10.3. The molecule has 1 radical (unpaired) electrons. The van der Waals surface area contributed by atoms with Gasteiger partial charge in [0.2, 0.25) is 0 Å². The molecule has 0 N–H and O–H groups in total. The van der Waals surface area contributed by atoms with Gasteiger partial charge in [-0.2, -0.15) is 5.10 Å². The number of para-hydroxylation sites is 1. The lowest BCUT2D eigenvalue weighted by Crippen LogP contribution is -1.81. The monoisotopic (exact) mass is 212 g/mol. The van der Waals surface area contributed by atoms with Crippen LogP contribution < -0.4 is 0 Å². The van der Waals surface area contributed by atoms with Crippen molar-refractivity contribution >= 4 is 21.6 Å². The fourth-order valence-electron chi connectivity index (χ4n) is 1.37. The zero-order chi connectivity index (χ0) is 10.1. The summed E-state index contributed by atoms with van der Waals surface area (Å²) in [5.74, 6) is 0. The summed E-state index contributed by atoms with van der Waals surface area (Å²) < 4.78 is 1.18. The lowest BCUT2D eigenvalue weighted by molar-refractivity contribution is 1.02. The van der Waals surface area contributed by atoms with Crippen molar-refractivity contribution in [2.45, 2.75) is 0 Å². The van der Waals surface area contributed by atoms with Gasteiger partial charge in [-0.25, -0.2) is 4.98 Å². The number of thiazole rings is 1. The van der Waals surface area contributed by atoms with Gasteiger partial charge in [0, 0.05) is 5.56 Å². The van der Waals surface area contributed by atoms with Crippen molar-refractivity contribution in [1.29, 1.82) is 0 Å². The molecular formula is C11H6N3S. The second-order valence-corrected chi connectivity index (χ2v) is 4.07. The number of hydrogen-bond donors (Lipinski definition) is 0. The minimum atomic E-state index is 0.895. The SMILES string of the molecule is [c]1nnccc1-c1nc2ccccc2s1. The Morgan fingerprint density at radius 1 is 1.13 bits per heavy atom. The van der Waals surface area contributed by atoms with Crippen LogP contribution >= 0.6 is 11.3 Å². The van der Waals surface area contributed by atoms with Crippen molar-refractivity contribution in [1.82, 2.24) is 15.2 Å². The van der Waals surface area contributed by atoms with E-state index in [1.165, 1.54) is 4.70 Å². The van der Waals surface area contributed by atoms with Crippen molar-refractivity contribution in [2.75, 3.05) is 0 Å². The maximum absolute atomic E-state index is 4.50. The van der Waals surface area contributed by atoms with Crippen molar-refractivity contribution < 1.29 is 0 Å². The molecule has 3 nitrogen and oxygen atoms in total. The van der Waals surface area contributed by atoms with E-state index < -0.39 is 0 Å². The van der Waals surface area contributed by atoms with E-state index in [1.54, 1.807) is 17.5 Å². The van der Waals surface area contributed by atoms with Crippen LogP contribution in [-0.4, -0.2) is 15.2 Å². The molecule has 0 atom stereocenters. The number of benzene rings is 1. The zero-order valence-electron chi connectivity index (χ0n) is 7.71. The summed E-state index contributed by atoms with van der Waals surface area (Å²) in [6, 6.07) is 9.93. The molecule has 0 unspecified atom stereocenters. The van der Waals surface area contributed by atoms with Gasteiger partial charge in [0.25, 0.3) is 0 Å². The molecule has 4 heteroatoms. The molecule has 15 heavy (non-hydrogen) atoms. The summed E-state index contributed by atoms with van der Waals surface area (Å²) in [7, 11) is 0. The third-order valence-corrected chi connectivity index (χ3v) is 3.13. The molecule has 0 bridgehead atoms. The standard InChI is InChI=1S/C11H6N3S/c1-2-4-10-9(3-1)14-11(15-10)8-5-6-12-13-7-8/h1-6H. The minimum Gasteiger partial charge on any atom is -0.236 e. The maximum atomic E-state index is 4.50. The minimum absolute atomic E-state index is 0.895. The highest BCUT2D eigenvalue weighted by molar-refractivity contribution is 7.21. The van der Waals surface area contributed by atoms with Gasteiger partial charge in [0.1, 0.15) is 11.2 Å². The molecule has 0 amide bonds. The third-order valence-electron chi connectivity index (χ3n) is 2.06. The Morgan fingerprint density at radius 3 is 2.87 bits per heavy atom. The van der Waals surface area contributed by atoms with E-state index in [4.69, 9.17) is 0 Å². The number of fused-ring (bicyclic) bond motifs is 1. The quantitative estimate of drug-likeness (QED) is 0.622. The van der Waals surface area contributed by atoms with Gasteiger partial charge in [-0.3, -0.25) is 0 Å². The van der Waals surface area contributed by atoms with Crippen LogP contribution in [0.4, 0.5) is 0 Å². The molecule has 0 saturated heterocycles. The van der Waals surface area contributed by atoms with Crippen molar-refractivity contribution in [2.24, 2.45) is 0 Å². The van der Waals surface area contributed by atoms with Crippen LogP contribution in [0.2, 0.25) is 0 Å². The van der Waals surface area contributed by atoms with Crippen LogP contribution in [0, 0.1) is 6.20 Å². The molecule has 0 aliphatic rings. The van der Waals surface area contributed by atoms with E-state index >= 15 is 0 Å². The number of rotatable bonds is 1. The fraction of sp³-hybridized carbons (Fsp3) is 0. The maximum Gasteiger partial charge on any atom is 0.126 e. The van der Waals surface area contributed by atoms with Gasteiger partial charge in [0.05, 0.1) is 16.4 Å². The van der Waals surface area contributed by atoms with Crippen molar-refractivity contribution in [3.63, 3.8) is 0 Å². The first-order valence-electron chi connectivity index (χ1n) is 4.49. The van der Waals surface area contributed by atoms with Crippen molar-refractivity contribution in [3.05, 3.63) is 42.7 Å². The molecule has 0 saturated carbocycles. The zero-order valence-corrected chi connectivity index (χ0v) is 8.53. The van der Waals surface area contributed by atoms with Crippen LogP contribution in [-0.2, 0) is 0 Å².